The second kappa shape index (κ2) is 13.6. The SMILES string of the molecule is C#CC#CC.c1ccc(-c2ccc3c(c2)sc2cc(N(c4ccccc4)c4ccc5c(c4)-c4ccccc4C54c5ccccc5-c5ccccc54)ccc23)cc1. The molecule has 1 aromatic heterocycles. The van der Waals surface area contributed by atoms with Gasteiger partial charge in [0.05, 0.1) is 5.41 Å². The molecule has 2 heteroatoms. The van der Waals surface area contributed by atoms with Crippen LogP contribution in [0.4, 0.5) is 17.1 Å². The van der Waals surface area contributed by atoms with Crippen molar-refractivity contribution >= 4 is 48.6 Å². The molecule has 0 radical (unpaired) electrons. The number of thiophene rings is 1. The van der Waals surface area contributed by atoms with E-state index in [0.717, 1.165) is 17.1 Å². The fraction of sp³-hybridized carbons (Fsp3) is 0.0370. The lowest BCUT2D eigenvalue weighted by Gasteiger charge is -2.31. The number of fused-ring (bicyclic) bond motifs is 13. The minimum absolute atomic E-state index is 0.343. The maximum Gasteiger partial charge on any atom is 0.0725 e. The van der Waals surface area contributed by atoms with Crippen LogP contribution in [0, 0.1) is 24.2 Å². The van der Waals surface area contributed by atoms with E-state index < -0.39 is 0 Å². The molecule has 1 heterocycles. The van der Waals surface area contributed by atoms with Crippen molar-refractivity contribution in [2.75, 3.05) is 4.90 Å². The zero-order chi connectivity index (χ0) is 37.6. The van der Waals surface area contributed by atoms with Crippen LogP contribution in [-0.4, -0.2) is 0 Å². The second-order valence-electron chi connectivity index (χ2n) is 14.2. The van der Waals surface area contributed by atoms with Crippen molar-refractivity contribution < 1.29 is 0 Å². The second-order valence-corrected chi connectivity index (χ2v) is 15.3. The molecule has 0 unspecified atom stereocenters. The zero-order valence-corrected chi connectivity index (χ0v) is 31.6. The Bertz CT molecular complexity index is 3020. The average Bonchev–Trinajstić information content (AvgIpc) is 3.88. The number of nitrogens with zero attached hydrogens (tertiary/aromatic N) is 1. The molecule has 2 aliphatic carbocycles. The van der Waals surface area contributed by atoms with Crippen LogP contribution in [0.5, 0.6) is 0 Å². The Balaban J connectivity index is 0.000000726. The van der Waals surface area contributed by atoms with Crippen LogP contribution in [0.25, 0.3) is 53.6 Å². The summed E-state index contributed by atoms with van der Waals surface area (Å²) in [5, 5.41) is 2.61. The van der Waals surface area contributed by atoms with Gasteiger partial charge in [0, 0.05) is 37.2 Å². The molecule has 0 saturated carbocycles. The molecule has 2 aliphatic rings. The standard InChI is InChI=1S/C49H31NS.C5H4/c1-3-13-32(14-4-1)33-23-26-40-41-27-24-36(31-48(41)51-47(40)29-33)50(34-15-5-2-6-16-34)35-25-28-46-42(30-35)39-19-9-12-22-45(39)49(46)43-20-10-7-17-37(43)38-18-8-11-21-44(38)49;1-3-5-4-2/h1-31H;1H,2H3. The maximum absolute atomic E-state index is 4.72. The van der Waals surface area contributed by atoms with Crippen molar-refractivity contribution in [3.05, 3.63) is 210 Å². The summed E-state index contributed by atoms with van der Waals surface area (Å²) >= 11 is 1.88. The van der Waals surface area contributed by atoms with Gasteiger partial charge in [0.25, 0.3) is 0 Å². The van der Waals surface area contributed by atoms with Gasteiger partial charge in [-0.25, -0.2) is 0 Å². The van der Waals surface area contributed by atoms with Gasteiger partial charge in [0.2, 0.25) is 0 Å². The van der Waals surface area contributed by atoms with Gasteiger partial charge >= 0.3 is 0 Å². The zero-order valence-electron chi connectivity index (χ0n) is 30.8. The van der Waals surface area contributed by atoms with Gasteiger partial charge in [0.15, 0.2) is 0 Å². The molecular formula is C54H35NS. The van der Waals surface area contributed by atoms with Crippen LogP contribution in [-0.2, 0) is 5.41 Å². The summed E-state index contributed by atoms with van der Waals surface area (Å²) in [6.45, 7) is 1.71. The highest BCUT2D eigenvalue weighted by molar-refractivity contribution is 7.25. The summed E-state index contributed by atoms with van der Waals surface area (Å²) < 4.78 is 2.60. The first-order valence-electron chi connectivity index (χ1n) is 18.9. The van der Waals surface area contributed by atoms with Crippen molar-refractivity contribution in [2.24, 2.45) is 0 Å². The van der Waals surface area contributed by atoms with E-state index in [1.54, 1.807) is 6.92 Å². The van der Waals surface area contributed by atoms with Gasteiger partial charge in [-0.05, 0) is 117 Å². The summed E-state index contributed by atoms with van der Waals surface area (Å²) in [4.78, 5) is 2.42. The molecule has 56 heavy (non-hydrogen) atoms. The molecule has 0 aliphatic heterocycles. The van der Waals surface area contributed by atoms with Crippen molar-refractivity contribution in [2.45, 2.75) is 12.3 Å². The number of terminal acetylenes is 1. The number of hydrogen-bond donors (Lipinski definition) is 0. The lowest BCUT2D eigenvalue weighted by atomic mass is 9.70. The molecule has 0 saturated heterocycles. The predicted octanol–water partition coefficient (Wildman–Crippen LogP) is 14.2. The lowest BCUT2D eigenvalue weighted by Crippen LogP contribution is -2.25. The molecule has 0 bridgehead atoms. The first-order valence-corrected chi connectivity index (χ1v) is 19.7. The molecule has 1 spiro atoms. The molecule has 9 aromatic rings. The Hall–Kier alpha value is -7.10. The Morgan fingerprint density at radius 1 is 0.446 bits per heavy atom. The summed E-state index contributed by atoms with van der Waals surface area (Å²) in [7, 11) is 0. The summed E-state index contributed by atoms with van der Waals surface area (Å²) in [6.07, 6.45) is 4.72. The van der Waals surface area contributed by atoms with Gasteiger partial charge < -0.3 is 4.90 Å². The monoisotopic (exact) mass is 729 g/mol. The largest absolute Gasteiger partial charge is 0.310 e. The van der Waals surface area contributed by atoms with E-state index in [1.807, 2.05) is 11.3 Å². The van der Waals surface area contributed by atoms with Crippen LogP contribution in [0.3, 0.4) is 0 Å². The fourth-order valence-corrected chi connectivity index (χ4v) is 10.2. The van der Waals surface area contributed by atoms with Crippen LogP contribution in [0.2, 0.25) is 0 Å². The molecule has 0 fully saturated rings. The van der Waals surface area contributed by atoms with Gasteiger partial charge in [-0.15, -0.1) is 17.8 Å². The molecule has 1 nitrogen and oxygen atoms in total. The first-order chi connectivity index (χ1) is 27.7. The van der Waals surface area contributed by atoms with E-state index in [2.05, 4.69) is 211 Å². The van der Waals surface area contributed by atoms with Gasteiger partial charge in [-0.2, -0.15) is 0 Å². The molecule has 0 atom stereocenters. The van der Waals surface area contributed by atoms with Crippen LogP contribution in [0.15, 0.2) is 188 Å². The van der Waals surface area contributed by atoms with E-state index in [1.165, 1.54) is 75.8 Å². The third-order valence-corrected chi connectivity index (χ3v) is 12.4. The molecule has 8 aromatic carbocycles. The maximum atomic E-state index is 4.72. The molecule has 0 amide bonds. The highest BCUT2D eigenvalue weighted by Gasteiger charge is 2.51. The molecule has 262 valence electrons. The fourth-order valence-electron chi connectivity index (χ4n) is 9.04. The van der Waals surface area contributed by atoms with Gasteiger partial charge in [-0.3, -0.25) is 0 Å². The summed E-state index contributed by atoms with van der Waals surface area (Å²) in [5.41, 5.74) is 16.3. The number of anilines is 3. The van der Waals surface area contributed by atoms with Gasteiger partial charge in [0.1, 0.15) is 0 Å². The van der Waals surface area contributed by atoms with E-state index >= 15 is 0 Å². The molecular weight excluding hydrogens is 695 g/mol. The lowest BCUT2D eigenvalue weighted by molar-refractivity contribution is 0.794. The number of benzene rings is 8. The minimum atomic E-state index is -0.343. The number of para-hydroxylation sites is 1. The third-order valence-electron chi connectivity index (χ3n) is 11.3. The first kappa shape index (κ1) is 33.5. The Morgan fingerprint density at radius 2 is 0.946 bits per heavy atom. The van der Waals surface area contributed by atoms with Crippen LogP contribution < -0.4 is 4.90 Å². The van der Waals surface area contributed by atoms with E-state index in [9.17, 15) is 0 Å². The predicted molar refractivity (Wildman–Crippen MR) is 238 cm³/mol. The Kier molecular flexibility index (Phi) is 8.15. The Labute approximate surface area is 332 Å². The van der Waals surface area contributed by atoms with Crippen molar-refractivity contribution in [3.8, 4) is 57.6 Å². The van der Waals surface area contributed by atoms with Crippen LogP contribution >= 0.6 is 11.3 Å². The minimum Gasteiger partial charge on any atom is -0.310 e. The Morgan fingerprint density at radius 3 is 1.55 bits per heavy atom. The van der Waals surface area contributed by atoms with Crippen molar-refractivity contribution in [1.29, 1.82) is 0 Å². The van der Waals surface area contributed by atoms with E-state index in [0.29, 0.717) is 0 Å². The quantitative estimate of drug-likeness (QED) is 0.163. The highest BCUT2D eigenvalue weighted by Crippen LogP contribution is 2.63. The third kappa shape index (κ3) is 5.12. The van der Waals surface area contributed by atoms with Crippen molar-refractivity contribution in [3.63, 3.8) is 0 Å². The molecule has 0 N–H and O–H groups in total. The summed E-state index contributed by atoms with van der Waals surface area (Å²) in [6, 6.07) is 69.6. The molecule has 11 rings (SSSR count). The number of rotatable bonds is 4. The van der Waals surface area contributed by atoms with E-state index in [4.69, 9.17) is 6.42 Å². The normalized spacial score (nSPS) is 12.4. The smallest absolute Gasteiger partial charge is 0.0725 e. The average molecular weight is 730 g/mol. The van der Waals surface area contributed by atoms with E-state index in [-0.39, 0.29) is 5.41 Å². The summed E-state index contributed by atoms with van der Waals surface area (Å²) in [5.74, 6) is 7.08. The van der Waals surface area contributed by atoms with Crippen molar-refractivity contribution in [1.82, 2.24) is 0 Å². The topological polar surface area (TPSA) is 3.24 Å². The van der Waals surface area contributed by atoms with Crippen LogP contribution in [0.1, 0.15) is 29.2 Å². The highest BCUT2D eigenvalue weighted by atomic mass is 32.1. The van der Waals surface area contributed by atoms with Gasteiger partial charge in [-0.1, -0.05) is 152 Å². The number of hydrogen-bond acceptors (Lipinski definition) is 2.